The molecule has 3 rings (SSSR count). The molecule has 1 fully saturated rings. The first kappa shape index (κ1) is 24.7. The minimum atomic E-state index is -0.555. The molecule has 8 heteroatoms. The second-order valence-electron chi connectivity index (χ2n) is 10.0. The number of hydrogen-bond donors (Lipinski definition) is 0. The lowest BCUT2D eigenvalue weighted by Gasteiger charge is -2.37. The number of rotatable bonds is 5. The van der Waals surface area contributed by atoms with E-state index in [9.17, 15) is 14.0 Å². The van der Waals surface area contributed by atoms with Gasteiger partial charge in [0, 0.05) is 25.7 Å². The van der Waals surface area contributed by atoms with Crippen LogP contribution in [0.2, 0.25) is 0 Å². The Labute approximate surface area is 195 Å². The molecule has 1 unspecified atom stereocenters. The third-order valence-electron chi connectivity index (χ3n) is 5.82. The summed E-state index contributed by atoms with van der Waals surface area (Å²) >= 11 is 0. The Morgan fingerprint density at radius 3 is 2.52 bits per heavy atom. The molecule has 0 bridgehead atoms. The first-order valence-corrected chi connectivity index (χ1v) is 11.6. The molecule has 33 heavy (non-hydrogen) atoms. The Kier molecular flexibility index (Phi) is 7.44. The predicted molar refractivity (Wildman–Crippen MR) is 125 cm³/mol. The summed E-state index contributed by atoms with van der Waals surface area (Å²) in [5.41, 5.74) is 1.40. The molecule has 2 aromatic rings. The molecule has 1 atom stereocenters. The second-order valence-corrected chi connectivity index (χ2v) is 10.0. The van der Waals surface area contributed by atoms with E-state index in [-0.39, 0.29) is 29.8 Å². The number of carbonyl (C=O) groups is 2. The van der Waals surface area contributed by atoms with Gasteiger partial charge in [-0.3, -0.25) is 4.79 Å². The van der Waals surface area contributed by atoms with E-state index in [1.165, 1.54) is 12.1 Å². The SMILES string of the molecule is Cc1c(C(=O)N2CCCC(CN(C(=O)OC(C)(C)C)C(C)C)C2)cnn1-c1ccc(F)cc1. The van der Waals surface area contributed by atoms with E-state index >= 15 is 0 Å². The van der Waals surface area contributed by atoms with Crippen molar-refractivity contribution < 1.29 is 18.7 Å². The number of ether oxygens (including phenoxy) is 1. The van der Waals surface area contributed by atoms with E-state index < -0.39 is 5.60 Å². The lowest BCUT2D eigenvalue weighted by Crippen LogP contribution is -2.48. The molecule has 1 aromatic carbocycles. The molecule has 1 aromatic heterocycles. The highest BCUT2D eigenvalue weighted by molar-refractivity contribution is 5.95. The Hall–Kier alpha value is -2.90. The minimum Gasteiger partial charge on any atom is -0.444 e. The van der Waals surface area contributed by atoms with E-state index in [1.807, 2.05) is 46.4 Å². The van der Waals surface area contributed by atoms with Gasteiger partial charge in [0.25, 0.3) is 5.91 Å². The van der Waals surface area contributed by atoms with E-state index in [4.69, 9.17) is 4.74 Å². The summed E-state index contributed by atoms with van der Waals surface area (Å²) in [5, 5.41) is 4.36. The van der Waals surface area contributed by atoms with Crippen LogP contribution in [-0.2, 0) is 4.74 Å². The first-order chi connectivity index (χ1) is 15.5. The highest BCUT2D eigenvalue weighted by Gasteiger charge is 2.31. The lowest BCUT2D eigenvalue weighted by atomic mass is 9.96. The Morgan fingerprint density at radius 1 is 1.24 bits per heavy atom. The number of aromatic nitrogens is 2. The summed E-state index contributed by atoms with van der Waals surface area (Å²) in [7, 11) is 0. The summed E-state index contributed by atoms with van der Waals surface area (Å²) in [5.74, 6) is -0.218. The normalized spacial score (nSPS) is 16.7. The maximum atomic E-state index is 13.3. The lowest BCUT2D eigenvalue weighted by molar-refractivity contribution is 0.0124. The van der Waals surface area contributed by atoms with Gasteiger partial charge in [-0.15, -0.1) is 0 Å². The molecule has 1 aliphatic rings. The van der Waals surface area contributed by atoms with E-state index in [0.29, 0.717) is 36.6 Å². The number of hydrogen-bond acceptors (Lipinski definition) is 4. The predicted octanol–water partition coefficient (Wildman–Crippen LogP) is 4.82. The molecule has 2 heterocycles. The maximum Gasteiger partial charge on any atom is 0.410 e. The molecule has 1 aliphatic heterocycles. The first-order valence-electron chi connectivity index (χ1n) is 11.6. The molecular formula is C25H35FN4O3. The number of likely N-dealkylation sites (tertiary alicyclic amines) is 1. The summed E-state index contributed by atoms with van der Waals surface area (Å²) in [6.07, 6.45) is 3.08. The highest BCUT2D eigenvalue weighted by Crippen LogP contribution is 2.23. The van der Waals surface area contributed by atoms with Crippen molar-refractivity contribution in [2.75, 3.05) is 19.6 Å². The molecule has 2 amide bonds. The monoisotopic (exact) mass is 458 g/mol. The van der Waals surface area contributed by atoms with Crippen molar-refractivity contribution in [3.05, 3.63) is 47.5 Å². The van der Waals surface area contributed by atoms with Gasteiger partial charge in [0.15, 0.2) is 0 Å². The van der Waals surface area contributed by atoms with Gasteiger partial charge in [-0.25, -0.2) is 13.9 Å². The quantitative estimate of drug-likeness (QED) is 0.644. The Morgan fingerprint density at radius 2 is 1.91 bits per heavy atom. The third kappa shape index (κ3) is 6.12. The zero-order chi connectivity index (χ0) is 24.3. The number of nitrogens with zero attached hydrogens (tertiary/aromatic N) is 4. The summed E-state index contributed by atoms with van der Waals surface area (Å²) in [6, 6.07) is 6.02. The molecule has 0 saturated carbocycles. The van der Waals surface area contributed by atoms with Crippen LogP contribution in [0.15, 0.2) is 30.5 Å². The summed E-state index contributed by atoms with van der Waals surface area (Å²) in [4.78, 5) is 29.6. The highest BCUT2D eigenvalue weighted by atomic mass is 19.1. The maximum absolute atomic E-state index is 13.3. The van der Waals surface area contributed by atoms with Gasteiger partial charge in [0.05, 0.1) is 23.1 Å². The van der Waals surface area contributed by atoms with Crippen molar-refractivity contribution in [2.45, 2.75) is 66.0 Å². The summed E-state index contributed by atoms with van der Waals surface area (Å²) in [6.45, 7) is 13.2. The van der Waals surface area contributed by atoms with Crippen LogP contribution >= 0.6 is 0 Å². The van der Waals surface area contributed by atoms with Crippen LogP contribution in [0.5, 0.6) is 0 Å². The molecule has 0 spiro atoms. The summed E-state index contributed by atoms with van der Waals surface area (Å²) < 4.78 is 20.5. The molecule has 0 aliphatic carbocycles. The van der Waals surface area contributed by atoms with Crippen LogP contribution < -0.4 is 0 Å². The van der Waals surface area contributed by atoms with Crippen LogP contribution in [0.1, 0.15) is 63.5 Å². The van der Waals surface area contributed by atoms with Crippen molar-refractivity contribution in [2.24, 2.45) is 5.92 Å². The largest absolute Gasteiger partial charge is 0.444 e. The average molecular weight is 459 g/mol. The van der Waals surface area contributed by atoms with Crippen molar-refractivity contribution in [1.29, 1.82) is 0 Å². The minimum absolute atomic E-state index is 0.00196. The van der Waals surface area contributed by atoms with Gasteiger partial charge in [-0.1, -0.05) is 0 Å². The van der Waals surface area contributed by atoms with Crippen LogP contribution in [0, 0.1) is 18.7 Å². The number of piperidine rings is 1. The van der Waals surface area contributed by atoms with Crippen LogP contribution in [0.4, 0.5) is 9.18 Å². The van der Waals surface area contributed by atoms with Crippen molar-refractivity contribution >= 4 is 12.0 Å². The fraction of sp³-hybridized carbons (Fsp3) is 0.560. The van der Waals surface area contributed by atoms with Crippen molar-refractivity contribution in [3.63, 3.8) is 0 Å². The zero-order valence-corrected chi connectivity index (χ0v) is 20.5. The number of halogens is 1. The van der Waals surface area contributed by atoms with E-state index in [2.05, 4.69) is 5.10 Å². The van der Waals surface area contributed by atoms with Gasteiger partial charge < -0.3 is 14.5 Å². The number of amides is 2. The molecule has 180 valence electrons. The van der Waals surface area contributed by atoms with Crippen LogP contribution in [0.3, 0.4) is 0 Å². The van der Waals surface area contributed by atoms with Gasteiger partial charge in [0.2, 0.25) is 0 Å². The fourth-order valence-electron chi connectivity index (χ4n) is 4.13. The fourth-order valence-corrected chi connectivity index (χ4v) is 4.13. The van der Waals surface area contributed by atoms with Crippen molar-refractivity contribution in [3.8, 4) is 5.69 Å². The molecule has 1 saturated heterocycles. The third-order valence-corrected chi connectivity index (χ3v) is 5.82. The number of benzene rings is 1. The standard InChI is InChI=1S/C25H35FN4O3/c1-17(2)29(24(32)33-25(4,5)6)16-19-8-7-13-28(15-19)23(31)22-14-27-30(18(22)3)21-11-9-20(26)10-12-21/h9-12,14,17,19H,7-8,13,15-16H2,1-6H3. The molecular weight excluding hydrogens is 423 g/mol. The topological polar surface area (TPSA) is 67.7 Å². The molecule has 7 nitrogen and oxygen atoms in total. The average Bonchev–Trinajstić information content (AvgIpc) is 3.12. The van der Waals surface area contributed by atoms with Crippen LogP contribution in [-0.4, -0.2) is 62.9 Å². The van der Waals surface area contributed by atoms with Gasteiger partial charge in [0.1, 0.15) is 11.4 Å². The smallest absolute Gasteiger partial charge is 0.410 e. The van der Waals surface area contributed by atoms with Crippen LogP contribution in [0.25, 0.3) is 5.69 Å². The van der Waals surface area contributed by atoms with Gasteiger partial charge in [-0.2, -0.15) is 5.10 Å². The van der Waals surface area contributed by atoms with Gasteiger partial charge >= 0.3 is 6.09 Å². The second kappa shape index (κ2) is 9.93. The zero-order valence-electron chi connectivity index (χ0n) is 20.5. The van der Waals surface area contributed by atoms with Gasteiger partial charge in [-0.05, 0) is 84.6 Å². The Bertz CT molecular complexity index is 979. The molecule has 0 radical (unpaired) electrons. The molecule has 0 N–H and O–H groups in total. The van der Waals surface area contributed by atoms with E-state index in [1.54, 1.807) is 27.9 Å². The van der Waals surface area contributed by atoms with E-state index in [0.717, 1.165) is 12.8 Å². The number of carbonyl (C=O) groups excluding carboxylic acids is 2. The Balaban J connectivity index is 1.70. The van der Waals surface area contributed by atoms with Crippen molar-refractivity contribution in [1.82, 2.24) is 19.6 Å².